The molecule has 0 spiro atoms. The van der Waals surface area contributed by atoms with Gasteiger partial charge in [0.15, 0.2) is 0 Å². The van der Waals surface area contributed by atoms with Crippen molar-refractivity contribution in [3.05, 3.63) is 23.7 Å². The Hall–Kier alpha value is -2.15. The lowest BCUT2D eigenvalue weighted by molar-refractivity contribution is -0.137. The second-order valence-corrected chi connectivity index (χ2v) is 4.56. The summed E-state index contributed by atoms with van der Waals surface area (Å²) in [6.07, 6.45) is 4.86. The highest BCUT2D eigenvalue weighted by molar-refractivity contribution is 5.80. The molecule has 0 aliphatic rings. The van der Waals surface area contributed by atoms with E-state index in [1.165, 1.54) is 6.21 Å². The first kappa shape index (κ1) is 16.9. The molecule has 1 rings (SSSR count). The normalized spacial score (nSPS) is 10.9. The van der Waals surface area contributed by atoms with Gasteiger partial charge in [-0.3, -0.25) is 9.59 Å². The number of aliphatic hydroxyl groups is 1. The first-order valence-electron chi connectivity index (χ1n) is 6.85. The van der Waals surface area contributed by atoms with E-state index in [4.69, 9.17) is 14.6 Å². The van der Waals surface area contributed by atoms with Crippen LogP contribution in [0, 0.1) is 0 Å². The first-order chi connectivity index (χ1) is 10.1. The van der Waals surface area contributed by atoms with E-state index in [1.807, 2.05) is 0 Å². The molecule has 0 radical (unpaired) electrons. The molecule has 1 aromatic heterocycles. The number of aliphatic carboxylic acids is 1. The number of amides is 1. The smallest absolute Gasteiger partial charge is 0.303 e. The van der Waals surface area contributed by atoms with Crippen LogP contribution < -0.4 is 5.43 Å². The number of carbonyl (C=O) groups is 2. The summed E-state index contributed by atoms with van der Waals surface area (Å²) >= 11 is 0. The Bertz CT molecular complexity index is 481. The number of furan rings is 1. The van der Waals surface area contributed by atoms with Crippen molar-refractivity contribution in [1.29, 1.82) is 0 Å². The van der Waals surface area contributed by atoms with Crippen molar-refractivity contribution < 1.29 is 24.2 Å². The van der Waals surface area contributed by atoms with E-state index in [-0.39, 0.29) is 18.9 Å². The third-order valence-electron chi connectivity index (χ3n) is 2.76. The van der Waals surface area contributed by atoms with Crippen LogP contribution in [-0.2, 0) is 16.2 Å². The number of hydrogen-bond donors (Lipinski definition) is 3. The van der Waals surface area contributed by atoms with Gasteiger partial charge in [-0.25, -0.2) is 5.43 Å². The molecule has 1 aromatic rings. The van der Waals surface area contributed by atoms with E-state index >= 15 is 0 Å². The highest BCUT2D eigenvalue weighted by atomic mass is 16.4. The Morgan fingerprint density at radius 3 is 2.52 bits per heavy atom. The van der Waals surface area contributed by atoms with Gasteiger partial charge in [0.1, 0.15) is 18.1 Å². The zero-order valence-electron chi connectivity index (χ0n) is 11.7. The van der Waals surface area contributed by atoms with Crippen molar-refractivity contribution in [3.63, 3.8) is 0 Å². The number of hydrogen-bond acceptors (Lipinski definition) is 5. The van der Waals surface area contributed by atoms with Crippen LogP contribution in [0.3, 0.4) is 0 Å². The average Bonchev–Trinajstić information content (AvgIpc) is 2.90. The first-order valence-corrected chi connectivity index (χ1v) is 6.85. The SMILES string of the molecule is O=C(O)CCCCCCC(=O)N/N=C/c1ccc(CO)o1. The maximum Gasteiger partial charge on any atom is 0.303 e. The molecule has 7 heteroatoms. The van der Waals surface area contributed by atoms with Gasteiger partial charge in [0.05, 0.1) is 6.21 Å². The Morgan fingerprint density at radius 2 is 1.90 bits per heavy atom. The van der Waals surface area contributed by atoms with Crippen LogP contribution in [0.4, 0.5) is 0 Å². The number of hydrazone groups is 1. The van der Waals surface area contributed by atoms with Crippen LogP contribution in [0.1, 0.15) is 50.0 Å². The van der Waals surface area contributed by atoms with Crippen molar-refractivity contribution in [2.75, 3.05) is 0 Å². The molecule has 0 saturated carbocycles. The molecule has 3 N–H and O–H groups in total. The van der Waals surface area contributed by atoms with Gasteiger partial charge in [0, 0.05) is 12.8 Å². The summed E-state index contributed by atoms with van der Waals surface area (Å²) in [5.74, 6) is -0.0973. The van der Waals surface area contributed by atoms with Crippen LogP contribution in [0.25, 0.3) is 0 Å². The third kappa shape index (κ3) is 7.88. The van der Waals surface area contributed by atoms with Crippen LogP contribution in [0.15, 0.2) is 21.7 Å². The largest absolute Gasteiger partial charge is 0.481 e. The monoisotopic (exact) mass is 296 g/mol. The zero-order valence-corrected chi connectivity index (χ0v) is 11.7. The van der Waals surface area contributed by atoms with E-state index in [9.17, 15) is 9.59 Å². The lowest BCUT2D eigenvalue weighted by atomic mass is 10.1. The fourth-order valence-electron chi connectivity index (χ4n) is 1.69. The molecule has 1 heterocycles. The molecule has 0 atom stereocenters. The van der Waals surface area contributed by atoms with E-state index < -0.39 is 5.97 Å². The number of nitrogens with one attached hydrogen (secondary N) is 1. The Balaban J connectivity index is 2.09. The lowest BCUT2D eigenvalue weighted by Crippen LogP contribution is -2.16. The molecule has 0 bridgehead atoms. The number of carboxylic acid groups (broad SMARTS) is 1. The molecule has 1 amide bonds. The number of unbranched alkanes of at least 4 members (excludes halogenated alkanes) is 3. The fourth-order valence-corrected chi connectivity index (χ4v) is 1.69. The van der Waals surface area contributed by atoms with E-state index in [0.717, 1.165) is 12.8 Å². The minimum Gasteiger partial charge on any atom is -0.481 e. The van der Waals surface area contributed by atoms with Gasteiger partial charge in [-0.15, -0.1) is 0 Å². The van der Waals surface area contributed by atoms with Crippen LogP contribution in [0.2, 0.25) is 0 Å². The number of nitrogens with zero attached hydrogens (tertiary/aromatic N) is 1. The van der Waals surface area contributed by atoms with Gasteiger partial charge >= 0.3 is 5.97 Å². The number of carbonyl (C=O) groups excluding carboxylic acids is 1. The lowest BCUT2D eigenvalue weighted by Gasteiger charge is -2.00. The summed E-state index contributed by atoms with van der Waals surface area (Å²) < 4.78 is 5.16. The predicted molar refractivity (Wildman–Crippen MR) is 75.7 cm³/mol. The van der Waals surface area contributed by atoms with Crippen LogP contribution in [0.5, 0.6) is 0 Å². The minimum atomic E-state index is -0.788. The maximum atomic E-state index is 11.4. The zero-order chi connectivity index (χ0) is 15.5. The highest BCUT2D eigenvalue weighted by Gasteiger charge is 2.01. The number of aliphatic hydroxyl groups excluding tert-OH is 1. The summed E-state index contributed by atoms with van der Waals surface area (Å²) in [7, 11) is 0. The Morgan fingerprint density at radius 1 is 1.19 bits per heavy atom. The molecular formula is C14H20N2O5. The van der Waals surface area contributed by atoms with Crippen LogP contribution >= 0.6 is 0 Å². The second kappa shape index (κ2) is 9.71. The Kier molecular flexibility index (Phi) is 7.81. The molecule has 0 unspecified atom stereocenters. The molecule has 0 aliphatic heterocycles. The fraction of sp³-hybridized carbons (Fsp3) is 0.500. The summed E-state index contributed by atoms with van der Waals surface area (Å²) in [5.41, 5.74) is 2.38. The summed E-state index contributed by atoms with van der Waals surface area (Å²) in [5, 5.41) is 21.0. The molecule has 0 fully saturated rings. The van der Waals surface area contributed by atoms with Gasteiger partial charge in [-0.1, -0.05) is 12.8 Å². The van der Waals surface area contributed by atoms with E-state index in [0.29, 0.717) is 30.8 Å². The van der Waals surface area contributed by atoms with Gasteiger partial charge in [0.25, 0.3) is 0 Å². The van der Waals surface area contributed by atoms with Crippen molar-refractivity contribution in [2.45, 2.75) is 45.1 Å². The topological polar surface area (TPSA) is 112 Å². The quantitative estimate of drug-likeness (QED) is 0.345. The molecule has 0 aliphatic carbocycles. The Labute approximate surface area is 122 Å². The molecule has 116 valence electrons. The van der Waals surface area contributed by atoms with E-state index in [2.05, 4.69) is 10.5 Å². The summed E-state index contributed by atoms with van der Waals surface area (Å²) in [4.78, 5) is 21.7. The van der Waals surface area contributed by atoms with Crippen LogP contribution in [-0.4, -0.2) is 28.3 Å². The van der Waals surface area contributed by atoms with Gasteiger partial charge in [-0.2, -0.15) is 5.10 Å². The van der Waals surface area contributed by atoms with Gasteiger partial charge < -0.3 is 14.6 Å². The van der Waals surface area contributed by atoms with E-state index in [1.54, 1.807) is 12.1 Å². The van der Waals surface area contributed by atoms with Crippen molar-refractivity contribution in [2.24, 2.45) is 5.10 Å². The van der Waals surface area contributed by atoms with Crippen molar-refractivity contribution in [3.8, 4) is 0 Å². The standard InChI is InChI=1S/C14H20N2O5/c17-10-12-8-7-11(21-12)9-15-16-13(18)5-3-1-2-4-6-14(19)20/h7-9,17H,1-6,10H2,(H,16,18)(H,19,20)/b15-9+. The molecule has 7 nitrogen and oxygen atoms in total. The number of rotatable bonds is 10. The van der Waals surface area contributed by atoms with Gasteiger partial charge in [-0.05, 0) is 25.0 Å². The van der Waals surface area contributed by atoms with Gasteiger partial charge in [0.2, 0.25) is 5.91 Å². The van der Waals surface area contributed by atoms with Crippen molar-refractivity contribution >= 4 is 18.1 Å². The molecule has 0 saturated heterocycles. The summed E-state index contributed by atoms with van der Waals surface area (Å²) in [6.45, 7) is -0.178. The average molecular weight is 296 g/mol. The second-order valence-electron chi connectivity index (χ2n) is 4.56. The maximum absolute atomic E-state index is 11.4. The molecule has 0 aromatic carbocycles. The number of carboxylic acids is 1. The molecular weight excluding hydrogens is 276 g/mol. The highest BCUT2D eigenvalue weighted by Crippen LogP contribution is 2.06. The summed E-state index contributed by atoms with van der Waals surface area (Å²) in [6, 6.07) is 3.27. The molecule has 21 heavy (non-hydrogen) atoms. The predicted octanol–water partition coefficient (Wildman–Crippen LogP) is 1.65. The minimum absolute atomic E-state index is 0.176. The van der Waals surface area contributed by atoms with Crippen molar-refractivity contribution in [1.82, 2.24) is 5.43 Å². The third-order valence-corrected chi connectivity index (χ3v) is 2.76.